The third kappa shape index (κ3) is 5.03. The zero-order chi connectivity index (χ0) is 27.4. The monoisotopic (exact) mass is 526 g/mol. The van der Waals surface area contributed by atoms with Crippen LogP contribution in [0.5, 0.6) is 5.75 Å². The van der Waals surface area contributed by atoms with Crippen LogP contribution in [-0.2, 0) is 5.60 Å². The second-order valence-electron chi connectivity index (χ2n) is 8.66. The van der Waals surface area contributed by atoms with Gasteiger partial charge in [-0.15, -0.1) is 0 Å². The molecule has 0 aromatic heterocycles. The zero-order valence-electron chi connectivity index (χ0n) is 17.8. The van der Waals surface area contributed by atoms with Crippen molar-refractivity contribution in [1.29, 1.82) is 0 Å². The first-order valence-corrected chi connectivity index (χ1v) is 9.12. The van der Waals surface area contributed by atoms with Gasteiger partial charge in [-0.3, -0.25) is 0 Å². The van der Waals surface area contributed by atoms with Gasteiger partial charge in [0.1, 0.15) is 11.4 Å². The molecule has 0 spiro atoms. The Labute approximate surface area is 184 Å². The molecular formula is C19H19F13O2. The van der Waals surface area contributed by atoms with Crippen LogP contribution in [0.25, 0.3) is 0 Å². The number of aliphatic hydroxyl groups is 1. The van der Waals surface area contributed by atoms with E-state index >= 15 is 0 Å². The second kappa shape index (κ2) is 8.33. The molecular weight excluding hydrogens is 507 g/mol. The molecule has 1 rings (SSSR count). The van der Waals surface area contributed by atoms with Crippen LogP contribution in [-0.4, -0.2) is 46.5 Å². The lowest BCUT2D eigenvalue weighted by atomic mass is 9.84. The maximum Gasteiger partial charge on any atom is 0.460 e. The van der Waals surface area contributed by atoms with Crippen molar-refractivity contribution in [2.45, 2.75) is 81.1 Å². The number of rotatable bonds is 8. The van der Waals surface area contributed by atoms with Gasteiger partial charge in [0.2, 0.25) is 0 Å². The van der Waals surface area contributed by atoms with Gasteiger partial charge >= 0.3 is 35.8 Å². The molecule has 0 bridgehead atoms. The molecule has 15 heteroatoms. The molecule has 0 amide bonds. The number of hydrogen-bond acceptors (Lipinski definition) is 2. The average molecular weight is 526 g/mol. The number of para-hydroxylation sites is 1. The maximum absolute atomic E-state index is 14.3. The van der Waals surface area contributed by atoms with Crippen molar-refractivity contribution >= 4 is 0 Å². The molecule has 2 nitrogen and oxygen atoms in total. The summed E-state index contributed by atoms with van der Waals surface area (Å²) in [5, 5.41) is 10.4. The molecule has 1 aromatic rings. The van der Waals surface area contributed by atoms with Crippen LogP contribution in [0.15, 0.2) is 24.3 Å². The molecule has 0 saturated carbocycles. The molecule has 0 heterocycles. The fourth-order valence-corrected chi connectivity index (χ4v) is 2.77. The van der Waals surface area contributed by atoms with Gasteiger partial charge in [0, 0.05) is 5.56 Å². The number of hydrogen-bond donors (Lipinski definition) is 1. The van der Waals surface area contributed by atoms with Crippen molar-refractivity contribution in [3.63, 3.8) is 0 Å². The minimum absolute atomic E-state index is 0.377. The van der Waals surface area contributed by atoms with Crippen molar-refractivity contribution in [1.82, 2.24) is 0 Å². The van der Waals surface area contributed by atoms with Gasteiger partial charge in [-0.25, -0.2) is 0 Å². The third-order valence-electron chi connectivity index (χ3n) is 4.45. The molecule has 0 saturated heterocycles. The van der Waals surface area contributed by atoms with E-state index in [1.807, 2.05) is 0 Å². The highest BCUT2D eigenvalue weighted by atomic mass is 19.4. The van der Waals surface area contributed by atoms with Crippen LogP contribution in [0.2, 0.25) is 0 Å². The van der Waals surface area contributed by atoms with Crippen LogP contribution < -0.4 is 4.74 Å². The Morgan fingerprint density at radius 2 is 1.06 bits per heavy atom. The lowest BCUT2D eigenvalue weighted by Gasteiger charge is -2.41. The van der Waals surface area contributed by atoms with Gasteiger partial charge in [0.15, 0.2) is 0 Å². The molecule has 1 aromatic carbocycles. The second-order valence-corrected chi connectivity index (χ2v) is 8.66. The Hall–Kier alpha value is -1.93. The van der Waals surface area contributed by atoms with Crippen molar-refractivity contribution in [2.75, 3.05) is 0 Å². The Morgan fingerprint density at radius 3 is 1.47 bits per heavy atom. The largest absolute Gasteiger partial charge is 0.488 e. The Bertz CT molecular complexity index is 868. The van der Waals surface area contributed by atoms with E-state index in [1.54, 1.807) is 0 Å². The summed E-state index contributed by atoms with van der Waals surface area (Å²) in [5.74, 6) is -38.1. The van der Waals surface area contributed by atoms with Crippen molar-refractivity contribution < 1.29 is 66.9 Å². The summed E-state index contributed by atoms with van der Waals surface area (Å²) in [5.41, 5.74) is -5.03. The number of halogens is 13. The van der Waals surface area contributed by atoms with E-state index in [9.17, 15) is 62.2 Å². The third-order valence-corrected chi connectivity index (χ3v) is 4.45. The highest BCUT2D eigenvalue weighted by Gasteiger charge is 2.90. The van der Waals surface area contributed by atoms with Gasteiger partial charge in [0.05, 0.1) is 12.0 Å². The fourth-order valence-electron chi connectivity index (χ4n) is 2.77. The van der Waals surface area contributed by atoms with E-state index in [0.717, 1.165) is 18.2 Å². The first-order chi connectivity index (χ1) is 14.7. The van der Waals surface area contributed by atoms with Crippen LogP contribution in [0.4, 0.5) is 57.1 Å². The summed E-state index contributed by atoms with van der Waals surface area (Å²) < 4.78 is 178. The summed E-state index contributed by atoms with van der Waals surface area (Å²) in [6.07, 6.45) is -10.3. The van der Waals surface area contributed by atoms with E-state index in [1.165, 1.54) is 26.8 Å². The van der Waals surface area contributed by atoms with Gasteiger partial charge in [-0.05, 0) is 33.8 Å². The number of alkyl halides is 13. The molecule has 1 N–H and O–H groups in total. The first kappa shape index (κ1) is 30.1. The van der Waals surface area contributed by atoms with Crippen LogP contribution >= 0.6 is 0 Å². The van der Waals surface area contributed by atoms with Crippen LogP contribution in [0.1, 0.15) is 39.7 Å². The van der Waals surface area contributed by atoms with Gasteiger partial charge in [0.25, 0.3) is 0 Å². The summed E-state index contributed by atoms with van der Waals surface area (Å²) in [6, 6.07) is 4.20. The summed E-state index contributed by atoms with van der Waals surface area (Å²) in [6.45, 7) is 4.68. The molecule has 198 valence electrons. The SMILES string of the molecule is CC(C)(C)Oc1ccccc1C(C)(O)CC(F)(F)C(F)(F)C(F)(F)C(F)(F)C(F)(F)C(F)(F)F. The van der Waals surface area contributed by atoms with Crippen LogP contribution in [0, 0.1) is 0 Å². The molecule has 1 atom stereocenters. The van der Waals surface area contributed by atoms with E-state index < -0.39 is 64.7 Å². The van der Waals surface area contributed by atoms with Crippen molar-refractivity contribution in [3.05, 3.63) is 29.8 Å². The Balaban J connectivity index is 3.52. The highest BCUT2D eigenvalue weighted by Crippen LogP contribution is 2.61. The summed E-state index contributed by atoms with van der Waals surface area (Å²) >= 11 is 0. The standard InChI is InChI=1S/C19H19F13O2/c1-12(2,3)34-11-8-6-5-7-10(11)13(4,33)9-14(20,21)15(22,23)16(24,25)17(26,27)18(28,29)19(30,31)32/h5-8,33H,9H2,1-4H3. The predicted molar refractivity (Wildman–Crippen MR) is 91.8 cm³/mol. The Morgan fingerprint density at radius 1 is 0.647 bits per heavy atom. The topological polar surface area (TPSA) is 29.5 Å². The lowest BCUT2D eigenvalue weighted by Crippen LogP contribution is -2.70. The van der Waals surface area contributed by atoms with Crippen molar-refractivity contribution in [2.24, 2.45) is 0 Å². The molecule has 1 unspecified atom stereocenters. The predicted octanol–water partition coefficient (Wildman–Crippen LogP) is 7.20. The normalized spacial score (nSPS) is 16.9. The molecule has 0 aliphatic rings. The smallest absolute Gasteiger partial charge is 0.460 e. The summed E-state index contributed by atoms with van der Waals surface area (Å²) in [7, 11) is 0. The van der Waals surface area contributed by atoms with E-state index in [-0.39, 0.29) is 0 Å². The van der Waals surface area contributed by atoms with E-state index in [0.29, 0.717) is 6.92 Å². The minimum atomic E-state index is -8.00. The van der Waals surface area contributed by atoms with E-state index in [4.69, 9.17) is 4.74 Å². The van der Waals surface area contributed by atoms with Crippen LogP contribution in [0.3, 0.4) is 0 Å². The molecule has 0 fully saturated rings. The van der Waals surface area contributed by atoms with Gasteiger partial charge < -0.3 is 9.84 Å². The Kier molecular flexibility index (Phi) is 7.38. The summed E-state index contributed by atoms with van der Waals surface area (Å²) in [4.78, 5) is 0. The maximum atomic E-state index is 14.3. The molecule has 0 aliphatic carbocycles. The van der Waals surface area contributed by atoms with Gasteiger partial charge in [-0.2, -0.15) is 57.1 Å². The zero-order valence-corrected chi connectivity index (χ0v) is 17.8. The fraction of sp³-hybridized carbons (Fsp3) is 0.684. The number of benzene rings is 1. The first-order valence-electron chi connectivity index (χ1n) is 9.12. The minimum Gasteiger partial charge on any atom is -0.488 e. The molecule has 34 heavy (non-hydrogen) atoms. The van der Waals surface area contributed by atoms with Gasteiger partial charge in [-0.1, -0.05) is 18.2 Å². The quantitative estimate of drug-likeness (QED) is 0.363. The number of ether oxygens (including phenoxy) is 1. The lowest BCUT2D eigenvalue weighted by molar-refractivity contribution is -0.441. The molecule has 0 radical (unpaired) electrons. The van der Waals surface area contributed by atoms with E-state index in [2.05, 4.69) is 0 Å². The van der Waals surface area contributed by atoms with Crippen molar-refractivity contribution in [3.8, 4) is 5.75 Å². The molecule has 0 aliphatic heterocycles. The average Bonchev–Trinajstić information content (AvgIpc) is 2.58. The highest BCUT2D eigenvalue weighted by molar-refractivity contribution is 5.38.